The van der Waals surface area contributed by atoms with Crippen molar-refractivity contribution in [3.8, 4) is 0 Å². The summed E-state index contributed by atoms with van der Waals surface area (Å²) in [6.07, 6.45) is 13.3. The Kier molecular flexibility index (Phi) is 6.71. The van der Waals surface area contributed by atoms with Gasteiger partial charge in [0.1, 0.15) is 5.82 Å². The van der Waals surface area contributed by atoms with Crippen LogP contribution in [0.3, 0.4) is 0 Å². The fraction of sp³-hybridized carbons (Fsp3) is 0.600. The zero-order valence-electron chi connectivity index (χ0n) is 15.4. The third kappa shape index (κ3) is 5.48. The van der Waals surface area contributed by atoms with Crippen molar-refractivity contribution in [3.63, 3.8) is 0 Å². The van der Waals surface area contributed by atoms with Gasteiger partial charge in [0, 0.05) is 39.4 Å². The molecule has 2 N–H and O–H groups in total. The minimum Gasteiger partial charge on any atom is -0.357 e. The van der Waals surface area contributed by atoms with E-state index in [0.29, 0.717) is 0 Å². The summed E-state index contributed by atoms with van der Waals surface area (Å²) in [5, 5.41) is 6.79. The summed E-state index contributed by atoms with van der Waals surface area (Å²) in [5.74, 6) is 1.96. The third-order valence-electron chi connectivity index (χ3n) is 5.05. The Bertz CT molecular complexity index is 585. The average Bonchev–Trinajstić information content (AvgIpc) is 3.20. The van der Waals surface area contributed by atoms with Gasteiger partial charge in [0.2, 0.25) is 0 Å². The molecule has 25 heavy (non-hydrogen) atoms. The minimum atomic E-state index is 0.746. The van der Waals surface area contributed by atoms with Crippen molar-refractivity contribution in [2.75, 3.05) is 31.6 Å². The number of hydrogen-bond donors (Lipinski definition) is 2. The van der Waals surface area contributed by atoms with E-state index in [2.05, 4.69) is 43.7 Å². The first-order valence-corrected chi connectivity index (χ1v) is 9.67. The van der Waals surface area contributed by atoms with Gasteiger partial charge in [-0.1, -0.05) is 17.7 Å². The zero-order chi connectivity index (χ0) is 17.3. The lowest BCUT2D eigenvalue weighted by atomic mass is 9.97. The van der Waals surface area contributed by atoms with Crippen molar-refractivity contribution < 1.29 is 0 Å². The van der Waals surface area contributed by atoms with E-state index >= 15 is 0 Å². The Labute approximate surface area is 151 Å². The predicted molar refractivity (Wildman–Crippen MR) is 105 cm³/mol. The summed E-state index contributed by atoms with van der Waals surface area (Å²) >= 11 is 0. The highest BCUT2D eigenvalue weighted by Gasteiger charge is 2.13. The lowest BCUT2D eigenvalue weighted by molar-refractivity contribution is 0.665. The maximum absolute atomic E-state index is 4.61. The lowest BCUT2D eigenvalue weighted by Gasteiger charge is -2.17. The molecule has 1 aliphatic carbocycles. The van der Waals surface area contributed by atoms with Crippen LogP contribution in [0.2, 0.25) is 0 Å². The number of hydrogen-bond acceptors (Lipinski definition) is 3. The van der Waals surface area contributed by atoms with Crippen LogP contribution in [-0.4, -0.2) is 37.6 Å². The number of anilines is 1. The Morgan fingerprint density at radius 1 is 1.16 bits per heavy atom. The van der Waals surface area contributed by atoms with Gasteiger partial charge in [0.25, 0.3) is 0 Å². The molecule has 136 valence electrons. The van der Waals surface area contributed by atoms with Crippen molar-refractivity contribution in [2.45, 2.75) is 51.5 Å². The van der Waals surface area contributed by atoms with Crippen molar-refractivity contribution >= 4 is 11.8 Å². The highest BCUT2D eigenvalue weighted by Crippen LogP contribution is 2.19. The molecule has 0 spiro atoms. The molecule has 0 atom stereocenters. The molecule has 5 nitrogen and oxygen atoms in total. The van der Waals surface area contributed by atoms with Crippen LogP contribution in [-0.2, 0) is 6.54 Å². The van der Waals surface area contributed by atoms with E-state index in [-0.39, 0.29) is 0 Å². The highest BCUT2D eigenvalue weighted by atomic mass is 15.2. The number of pyridine rings is 1. The van der Waals surface area contributed by atoms with Crippen molar-refractivity contribution in [3.05, 3.63) is 35.5 Å². The molecule has 0 unspecified atom stereocenters. The topological polar surface area (TPSA) is 52.6 Å². The van der Waals surface area contributed by atoms with E-state index in [4.69, 9.17) is 0 Å². The summed E-state index contributed by atoms with van der Waals surface area (Å²) < 4.78 is 0. The lowest BCUT2D eigenvalue weighted by Crippen LogP contribution is -2.37. The maximum Gasteiger partial charge on any atom is 0.191 e. The van der Waals surface area contributed by atoms with Gasteiger partial charge in [0.15, 0.2) is 5.96 Å². The molecule has 0 saturated carbocycles. The number of nitrogens with one attached hydrogen (secondary N) is 2. The minimum absolute atomic E-state index is 0.746. The Balaban J connectivity index is 1.40. The van der Waals surface area contributed by atoms with E-state index in [1.807, 2.05) is 13.2 Å². The Morgan fingerprint density at radius 2 is 2.04 bits per heavy atom. The molecule has 0 amide bonds. The van der Waals surface area contributed by atoms with Crippen LogP contribution in [0.5, 0.6) is 0 Å². The van der Waals surface area contributed by atoms with Crippen LogP contribution in [0.25, 0.3) is 0 Å². The van der Waals surface area contributed by atoms with Gasteiger partial charge in [0.05, 0.1) is 0 Å². The van der Waals surface area contributed by atoms with Crippen LogP contribution in [0.4, 0.5) is 5.82 Å². The van der Waals surface area contributed by atoms with Crippen molar-refractivity contribution in [1.29, 1.82) is 0 Å². The number of guanidine groups is 1. The van der Waals surface area contributed by atoms with Gasteiger partial charge in [-0.05, 0) is 56.6 Å². The van der Waals surface area contributed by atoms with Gasteiger partial charge in [-0.2, -0.15) is 0 Å². The molecule has 1 aromatic rings. The molecule has 2 aliphatic rings. The molecule has 1 aromatic heterocycles. The Hall–Kier alpha value is -2.04. The fourth-order valence-corrected chi connectivity index (χ4v) is 3.53. The van der Waals surface area contributed by atoms with Gasteiger partial charge in [-0.15, -0.1) is 0 Å². The molecular weight excluding hydrogens is 310 g/mol. The first kappa shape index (κ1) is 17.8. The zero-order valence-corrected chi connectivity index (χ0v) is 15.4. The SMILES string of the molecule is CN=C(NCCC1=CCCCC1)NCc1ccc(N2CCCC2)nc1. The molecule has 1 aliphatic heterocycles. The van der Waals surface area contributed by atoms with Gasteiger partial charge < -0.3 is 15.5 Å². The van der Waals surface area contributed by atoms with E-state index in [1.54, 1.807) is 5.57 Å². The summed E-state index contributed by atoms with van der Waals surface area (Å²) in [5.41, 5.74) is 2.77. The second kappa shape index (κ2) is 9.44. The van der Waals surface area contributed by atoms with Crippen LogP contribution < -0.4 is 15.5 Å². The summed E-state index contributed by atoms with van der Waals surface area (Å²) in [6.45, 7) is 3.96. The Morgan fingerprint density at radius 3 is 2.72 bits per heavy atom. The normalized spacial score (nSPS) is 18.2. The largest absolute Gasteiger partial charge is 0.357 e. The van der Waals surface area contributed by atoms with Gasteiger partial charge in [-0.25, -0.2) is 4.98 Å². The quantitative estimate of drug-likeness (QED) is 0.474. The monoisotopic (exact) mass is 341 g/mol. The average molecular weight is 342 g/mol. The van der Waals surface area contributed by atoms with Gasteiger partial charge >= 0.3 is 0 Å². The summed E-state index contributed by atoms with van der Waals surface area (Å²) in [4.78, 5) is 11.3. The van der Waals surface area contributed by atoms with Crippen LogP contribution in [0, 0.1) is 0 Å². The molecule has 0 radical (unpaired) electrons. The third-order valence-corrected chi connectivity index (χ3v) is 5.05. The summed E-state index contributed by atoms with van der Waals surface area (Å²) in [7, 11) is 1.82. The standard InChI is InChI=1S/C20H31N5/c1-21-20(22-12-11-17-7-3-2-4-8-17)24-16-18-9-10-19(23-15-18)25-13-5-6-14-25/h7,9-10,15H,2-6,8,11-14,16H2,1H3,(H2,21,22,24). The van der Waals surface area contributed by atoms with E-state index in [0.717, 1.165) is 44.4 Å². The molecular formula is C20H31N5. The molecule has 0 aromatic carbocycles. The molecule has 3 rings (SSSR count). The van der Waals surface area contributed by atoms with E-state index in [9.17, 15) is 0 Å². The van der Waals surface area contributed by atoms with Crippen molar-refractivity contribution in [2.24, 2.45) is 4.99 Å². The molecule has 2 heterocycles. The number of rotatable bonds is 6. The molecule has 1 saturated heterocycles. The summed E-state index contributed by atoms with van der Waals surface area (Å²) in [6, 6.07) is 4.29. The predicted octanol–water partition coefficient (Wildman–Crippen LogP) is 3.24. The molecule has 5 heteroatoms. The number of aliphatic imine (C=N–C) groups is 1. The fourth-order valence-electron chi connectivity index (χ4n) is 3.53. The van der Waals surface area contributed by atoms with Crippen LogP contribution in [0.1, 0.15) is 50.5 Å². The van der Waals surface area contributed by atoms with Crippen LogP contribution >= 0.6 is 0 Å². The van der Waals surface area contributed by atoms with Crippen LogP contribution in [0.15, 0.2) is 35.0 Å². The first-order chi connectivity index (χ1) is 12.3. The van der Waals surface area contributed by atoms with E-state index in [1.165, 1.54) is 44.1 Å². The number of allylic oxidation sites excluding steroid dienone is 1. The molecule has 1 fully saturated rings. The highest BCUT2D eigenvalue weighted by molar-refractivity contribution is 5.79. The maximum atomic E-state index is 4.61. The second-order valence-electron chi connectivity index (χ2n) is 6.93. The smallest absolute Gasteiger partial charge is 0.191 e. The van der Waals surface area contributed by atoms with Gasteiger partial charge in [-0.3, -0.25) is 4.99 Å². The number of nitrogens with zero attached hydrogens (tertiary/aromatic N) is 3. The second-order valence-corrected chi connectivity index (χ2v) is 6.93. The number of aromatic nitrogens is 1. The van der Waals surface area contributed by atoms with E-state index < -0.39 is 0 Å². The molecule has 0 bridgehead atoms. The first-order valence-electron chi connectivity index (χ1n) is 9.67. The van der Waals surface area contributed by atoms with Crippen molar-refractivity contribution in [1.82, 2.24) is 15.6 Å².